The molecule has 1 saturated heterocycles. The molecule has 0 bridgehead atoms. The first-order chi connectivity index (χ1) is 10.4. The molecular formula is C16H21NO4S. The molecule has 22 heavy (non-hydrogen) atoms. The number of carbonyl (C=O) groups is 1. The quantitative estimate of drug-likeness (QED) is 0.795. The van der Waals surface area contributed by atoms with Gasteiger partial charge in [-0.25, -0.2) is 8.42 Å². The molecule has 6 heteroatoms. The van der Waals surface area contributed by atoms with E-state index in [0.717, 1.165) is 31.5 Å². The highest BCUT2D eigenvalue weighted by molar-refractivity contribution is 7.90. The molecule has 1 saturated carbocycles. The topological polar surface area (TPSA) is 63.7 Å². The summed E-state index contributed by atoms with van der Waals surface area (Å²) >= 11 is 0. The molecule has 1 heterocycles. The first-order valence-electron chi connectivity index (χ1n) is 7.50. The summed E-state index contributed by atoms with van der Waals surface area (Å²) in [5.41, 5.74) is 0.578. The van der Waals surface area contributed by atoms with Crippen LogP contribution in [-0.4, -0.2) is 40.8 Å². The number of sulfone groups is 1. The van der Waals surface area contributed by atoms with Crippen LogP contribution in [0, 0.1) is 11.3 Å². The highest BCUT2D eigenvalue weighted by Crippen LogP contribution is 2.50. The summed E-state index contributed by atoms with van der Waals surface area (Å²) in [6.07, 6.45) is 4.20. The Morgan fingerprint density at radius 2 is 2.00 bits per heavy atom. The van der Waals surface area contributed by atoms with Crippen LogP contribution >= 0.6 is 0 Å². The zero-order valence-corrected chi connectivity index (χ0v) is 13.7. The smallest absolute Gasteiger partial charge is 0.313 e. The Labute approximate surface area is 131 Å². The van der Waals surface area contributed by atoms with Gasteiger partial charge in [-0.05, 0) is 43.0 Å². The number of methoxy groups -OCH3 is 1. The first kappa shape index (κ1) is 15.3. The van der Waals surface area contributed by atoms with E-state index in [1.54, 1.807) is 12.1 Å². The van der Waals surface area contributed by atoms with Gasteiger partial charge in [-0.1, -0.05) is 6.42 Å². The van der Waals surface area contributed by atoms with Crippen molar-refractivity contribution in [1.29, 1.82) is 0 Å². The molecule has 120 valence electrons. The monoisotopic (exact) mass is 323 g/mol. The van der Waals surface area contributed by atoms with E-state index in [2.05, 4.69) is 4.90 Å². The average Bonchev–Trinajstić information content (AvgIpc) is 3.03. The number of esters is 1. The van der Waals surface area contributed by atoms with Gasteiger partial charge in [0.1, 0.15) is 0 Å². The lowest BCUT2D eigenvalue weighted by atomic mass is 9.81. The van der Waals surface area contributed by atoms with E-state index in [-0.39, 0.29) is 11.4 Å². The third-order valence-corrected chi connectivity index (χ3v) is 6.22. The minimum absolute atomic E-state index is 0.106. The lowest BCUT2D eigenvalue weighted by Gasteiger charge is -2.26. The molecule has 0 amide bonds. The van der Waals surface area contributed by atoms with Crippen molar-refractivity contribution < 1.29 is 17.9 Å². The number of anilines is 1. The molecule has 0 spiro atoms. The minimum Gasteiger partial charge on any atom is -0.469 e. The lowest BCUT2D eigenvalue weighted by Crippen LogP contribution is -2.36. The highest BCUT2D eigenvalue weighted by atomic mass is 32.2. The van der Waals surface area contributed by atoms with Gasteiger partial charge in [0, 0.05) is 25.0 Å². The number of ether oxygens (including phenoxy) is 1. The summed E-state index contributed by atoms with van der Waals surface area (Å²) in [6.45, 7) is 1.48. The summed E-state index contributed by atoms with van der Waals surface area (Å²) in [5, 5.41) is 0. The van der Waals surface area contributed by atoms with Crippen molar-refractivity contribution in [3.05, 3.63) is 24.3 Å². The molecule has 2 aliphatic rings. The summed E-state index contributed by atoms with van der Waals surface area (Å²) in [6, 6.07) is 6.90. The van der Waals surface area contributed by atoms with Crippen molar-refractivity contribution in [3.63, 3.8) is 0 Å². The average molecular weight is 323 g/mol. The van der Waals surface area contributed by atoms with Crippen LogP contribution in [0.1, 0.15) is 19.3 Å². The van der Waals surface area contributed by atoms with Crippen LogP contribution in [0.2, 0.25) is 0 Å². The van der Waals surface area contributed by atoms with Crippen LogP contribution in [0.3, 0.4) is 0 Å². The molecule has 5 nitrogen and oxygen atoms in total. The molecule has 2 fully saturated rings. The van der Waals surface area contributed by atoms with Crippen LogP contribution in [0.5, 0.6) is 0 Å². The Kier molecular flexibility index (Phi) is 3.67. The predicted molar refractivity (Wildman–Crippen MR) is 83.6 cm³/mol. The molecule has 0 radical (unpaired) electrons. The second-order valence-corrected chi connectivity index (χ2v) is 8.40. The number of carbonyl (C=O) groups excluding carboxylic acids is 1. The van der Waals surface area contributed by atoms with Crippen molar-refractivity contribution >= 4 is 21.5 Å². The van der Waals surface area contributed by atoms with Crippen LogP contribution in [0.4, 0.5) is 5.69 Å². The number of hydrogen-bond acceptors (Lipinski definition) is 5. The van der Waals surface area contributed by atoms with E-state index in [9.17, 15) is 13.2 Å². The lowest BCUT2D eigenvalue weighted by molar-refractivity contribution is -0.152. The van der Waals surface area contributed by atoms with Crippen LogP contribution < -0.4 is 4.90 Å². The van der Waals surface area contributed by atoms with Crippen LogP contribution in [-0.2, 0) is 19.4 Å². The van der Waals surface area contributed by atoms with E-state index in [4.69, 9.17) is 4.74 Å². The largest absolute Gasteiger partial charge is 0.469 e. The summed E-state index contributed by atoms with van der Waals surface area (Å²) < 4.78 is 28.1. The van der Waals surface area contributed by atoms with E-state index in [0.29, 0.717) is 17.4 Å². The van der Waals surface area contributed by atoms with Crippen LogP contribution in [0.25, 0.3) is 0 Å². The minimum atomic E-state index is -3.18. The molecule has 1 aromatic rings. The number of nitrogens with zero attached hydrogens (tertiary/aromatic N) is 1. The van der Waals surface area contributed by atoms with Gasteiger partial charge >= 0.3 is 5.97 Å². The standard InChI is InChI=1S/C16H21NO4S/c1-21-15(18)16-9-3-4-12(16)10-17(11-16)13-5-7-14(8-6-13)22(2,19)20/h5-8,12H,3-4,9-11H2,1-2H3. The van der Waals surface area contributed by atoms with Gasteiger partial charge in [0.15, 0.2) is 9.84 Å². The molecule has 1 aliphatic carbocycles. The van der Waals surface area contributed by atoms with Gasteiger partial charge in [-0.2, -0.15) is 0 Å². The van der Waals surface area contributed by atoms with Gasteiger partial charge < -0.3 is 9.64 Å². The maximum atomic E-state index is 12.3. The maximum Gasteiger partial charge on any atom is 0.313 e. The van der Waals surface area contributed by atoms with Gasteiger partial charge in [0.05, 0.1) is 17.4 Å². The number of rotatable bonds is 3. The SMILES string of the molecule is COC(=O)C12CCCC1CN(c1ccc(S(C)(=O)=O)cc1)C2. The Morgan fingerprint density at radius 3 is 2.59 bits per heavy atom. The fraction of sp³-hybridized carbons (Fsp3) is 0.562. The summed E-state index contributed by atoms with van der Waals surface area (Å²) in [5.74, 6) is 0.222. The van der Waals surface area contributed by atoms with E-state index < -0.39 is 9.84 Å². The zero-order valence-electron chi connectivity index (χ0n) is 12.9. The third kappa shape index (κ3) is 2.39. The fourth-order valence-electron chi connectivity index (χ4n) is 3.93. The number of hydrogen-bond donors (Lipinski definition) is 0. The molecule has 3 rings (SSSR count). The van der Waals surface area contributed by atoms with Crippen molar-refractivity contribution in [3.8, 4) is 0 Å². The summed E-state index contributed by atoms with van der Waals surface area (Å²) in [7, 11) is -1.73. The molecule has 0 N–H and O–H groups in total. The van der Waals surface area contributed by atoms with Crippen molar-refractivity contribution in [2.75, 3.05) is 31.4 Å². The van der Waals surface area contributed by atoms with Gasteiger partial charge in [-0.3, -0.25) is 4.79 Å². The van der Waals surface area contributed by atoms with Crippen molar-refractivity contribution in [1.82, 2.24) is 0 Å². The Morgan fingerprint density at radius 1 is 1.32 bits per heavy atom. The van der Waals surface area contributed by atoms with Crippen molar-refractivity contribution in [2.45, 2.75) is 24.2 Å². The van der Waals surface area contributed by atoms with Crippen LogP contribution in [0.15, 0.2) is 29.2 Å². The van der Waals surface area contributed by atoms with E-state index >= 15 is 0 Å². The zero-order chi connectivity index (χ0) is 16.0. The van der Waals surface area contributed by atoms with E-state index in [1.165, 1.54) is 13.4 Å². The summed E-state index contributed by atoms with van der Waals surface area (Å²) in [4.78, 5) is 14.7. The third-order valence-electron chi connectivity index (χ3n) is 5.09. The second kappa shape index (κ2) is 5.26. The van der Waals surface area contributed by atoms with Gasteiger partial charge in [0.25, 0.3) is 0 Å². The predicted octanol–water partition coefficient (Wildman–Crippen LogP) is 1.87. The maximum absolute atomic E-state index is 12.3. The van der Waals surface area contributed by atoms with Crippen molar-refractivity contribution in [2.24, 2.45) is 11.3 Å². The molecule has 2 unspecified atom stereocenters. The number of fused-ring (bicyclic) bond motifs is 1. The first-order valence-corrected chi connectivity index (χ1v) is 9.39. The van der Waals surface area contributed by atoms with Gasteiger partial charge in [-0.15, -0.1) is 0 Å². The molecular weight excluding hydrogens is 302 g/mol. The van der Waals surface area contributed by atoms with E-state index in [1.807, 2.05) is 12.1 Å². The Hall–Kier alpha value is -1.56. The van der Waals surface area contributed by atoms with Gasteiger partial charge in [0.2, 0.25) is 0 Å². The molecule has 1 aromatic carbocycles. The fourth-order valence-corrected chi connectivity index (χ4v) is 4.56. The Bertz CT molecular complexity index is 683. The molecule has 1 aliphatic heterocycles. The molecule has 2 atom stereocenters. The normalized spacial score (nSPS) is 27.7. The highest BCUT2D eigenvalue weighted by Gasteiger charge is 2.55. The number of benzene rings is 1. The Balaban J connectivity index is 1.85. The molecule has 0 aromatic heterocycles. The second-order valence-electron chi connectivity index (χ2n) is 6.38.